The number of aromatic nitrogens is 2. The highest BCUT2D eigenvalue weighted by molar-refractivity contribution is 5.94. The van der Waals surface area contributed by atoms with Crippen molar-refractivity contribution in [3.05, 3.63) is 88.7 Å². The zero-order chi connectivity index (χ0) is 18.8. The number of nitrogens with zero attached hydrogens (tertiary/aromatic N) is 2. The molecule has 1 aliphatic rings. The molecule has 1 heterocycles. The van der Waals surface area contributed by atoms with E-state index in [1.54, 1.807) is 6.20 Å². The molecule has 6 heteroatoms. The third kappa shape index (κ3) is 3.60. The third-order valence-electron chi connectivity index (χ3n) is 4.92. The summed E-state index contributed by atoms with van der Waals surface area (Å²) in [5.74, 6) is -1.98. The molecule has 0 radical (unpaired) electrons. The van der Waals surface area contributed by atoms with Crippen molar-refractivity contribution in [1.82, 2.24) is 15.1 Å². The van der Waals surface area contributed by atoms with Gasteiger partial charge in [0.05, 0.1) is 24.3 Å². The van der Waals surface area contributed by atoms with Crippen LogP contribution in [0.5, 0.6) is 0 Å². The van der Waals surface area contributed by atoms with Crippen LogP contribution < -0.4 is 5.32 Å². The predicted molar refractivity (Wildman–Crippen MR) is 97.3 cm³/mol. The van der Waals surface area contributed by atoms with Crippen molar-refractivity contribution >= 4 is 5.91 Å². The molecule has 1 atom stereocenters. The summed E-state index contributed by atoms with van der Waals surface area (Å²) in [5.41, 5.74) is 2.90. The Kier molecular flexibility index (Phi) is 4.71. The van der Waals surface area contributed by atoms with Crippen LogP contribution in [0.25, 0.3) is 0 Å². The van der Waals surface area contributed by atoms with Crippen LogP contribution in [-0.2, 0) is 13.0 Å². The molecule has 0 spiro atoms. The molecule has 138 valence electrons. The van der Waals surface area contributed by atoms with Gasteiger partial charge in [0.1, 0.15) is 11.6 Å². The largest absolute Gasteiger partial charge is 0.345 e. The Labute approximate surface area is 155 Å². The van der Waals surface area contributed by atoms with Gasteiger partial charge in [-0.15, -0.1) is 0 Å². The predicted octanol–water partition coefficient (Wildman–Crippen LogP) is 4.02. The Bertz CT molecular complexity index is 969. The van der Waals surface area contributed by atoms with E-state index in [1.165, 1.54) is 0 Å². The average molecular weight is 367 g/mol. The van der Waals surface area contributed by atoms with E-state index in [-0.39, 0.29) is 11.6 Å². The summed E-state index contributed by atoms with van der Waals surface area (Å²) in [4.78, 5) is 12.4. The van der Waals surface area contributed by atoms with Gasteiger partial charge in [0.15, 0.2) is 0 Å². The van der Waals surface area contributed by atoms with Gasteiger partial charge in [-0.05, 0) is 43.0 Å². The normalized spacial score (nSPS) is 16.0. The molecule has 1 aromatic heterocycles. The van der Waals surface area contributed by atoms with Crippen molar-refractivity contribution in [2.45, 2.75) is 31.8 Å². The van der Waals surface area contributed by atoms with Crippen molar-refractivity contribution in [3.63, 3.8) is 0 Å². The molecule has 0 bridgehead atoms. The Balaban J connectivity index is 1.55. The summed E-state index contributed by atoms with van der Waals surface area (Å²) in [6, 6.07) is 12.7. The molecule has 1 N–H and O–H groups in total. The first-order valence-corrected chi connectivity index (χ1v) is 8.96. The SMILES string of the molecule is O=C(N[C@H]1CCCc2c1cnn2Cc1ccccc1)c1cc(F)ccc1F. The number of nitrogens with one attached hydrogen (secondary N) is 1. The van der Waals surface area contributed by atoms with Gasteiger partial charge >= 0.3 is 0 Å². The van der Waals surface area contributed by atoms with Crippen molar-refractivity contribution in [3.8, 4) is 0 Å². The van der Waals surface area contributed by atoms with Gasteiger partial charge in [-0.25, -0.2) is 8.78 Å². The second-order valence-electron chi connectivity index (χ2n) is 6.73. The number of benzene rings is 2. The number of carbonyl (C=O) groups is 1. The first-order valence-electron chi connectivity index (χ1n) is 8.96. The molecule has 0 unspecified atom stereocenters. The van der Waals surface area contributed by atoms with Crippen LogP contribution in [-0.4, -0.2) is 15.7 Å². The Morgan fingerprint density at radius 3 is 2.81 bits per heavy atom. The highest BCUT2D eigenvalue weighted by atomic mass is 19.1. The number of carbonyl (C=O) groups excluding carboxylic acids is 1. The maximum atomic E-state index is 13.9. The molecule has 2 aromatic carbocycles. The summed E-state index contributed by atoms with van der Waals surface area (Å²) in [6.07, 6.45) is 4.28. The minimum Gasteiger partial charge on any atom is -0.345 e. The summed E-state index contributed by atoms with van der Waals surface area (Å²) in [6.45, 7) is 0.662. The minimum atomic E-state index is -0.732. The van der Waals surface area contributed by atoms with Crippen LogP contribution in [0.15, 0.2) is 54.7 Å². The Hall–Kier alpha value is -3.02. The van der Waals surface area contributed by atoms with E-state index in [2.05, 4.69) is 10.4 Å². The quantitative estimate of drug-likeness (QED) is 0.757. The number of fused-ring (bicyclic) bond motifs is 1. The first kappa shape index (κ1) is 17.4. The van der Waals surface area contributed by atoms with E-state index in [0.717, 1.165) is 54.3 Å². The van der Waals surface area contributed by atoms with E-state index >= 15 is 0 Å². The van der Waals surface area contributed by atoms with Crippen LogP contribution in [0.4, 0.5) is 8.78 Å². The molecule has 1 amide bonds. The standard InChI is InChI=1S/C21H19F2N3O/c22-15-9-10-18(23)16(11-15)21(27)25-19-7-4-8-20-17(19)12-24-26(20)13-14-5-2-1-3-6-14/h1-3,5-6,9-12,19H,4,7-8,13H2,(H,25,27)/t19-/m0/s1. The van der Waals surface area contributed by atoms with Crippen LogP contribution in [0.1, 0.15) is 46.1 Å². The summed E-state index contributed by atoms with van der Waals surface area (Å²) in [5, 5.41) is 7.32. The monoisotopic (exact) mass is 367 g/mol. The van der Waals surface area contributed by atoms with E-state index in [0.29, 0.717) is 6.54 Å². The van der Waals surface area contributed by atoms with E-state index in [4.69, 9.17) is 0 Å². The highest BCUT2D eigenvalue weighted by Gasteiger charge is 2.26. The Morgan fingerprint density at radius 1 is 1.19 bits per heavy atom. The fraction of sp³-hybridized carbons (Fsp3) is 0.238. The number of halogens is 2. The second kappa shape index (κ2) is 7.31. The molecule has 0 saturated heterocycles. The lowest BCUT2D eigenvalue weighted by atomic mass is 9.92. The fourth-order valence-corrected chi connectivity index (χ4v) is 3.57. The molecule has 0 saturated carbocycles. The van der Waals surface area contributed by atoms with Gasteiger partial charge < -0.3 is 5.32 Å². The van der Waals surface area contributed by atoms with Gasteiger partial charge in [-0.1, -0.05) is 30.3 Å². The Morgan fingerprint density at radius 2 is 2.00 bits per heavy atom. The average Bonchev–Trinajstić information content (AvgIpc) is 3.08. The molecular weight excluding hydrogens is 348 g/mol. The summed E-state index contributed by atoms with van der Waals surface area (Å²) >= 11 is 0. The highest BCUT2D eigenvalue weighted by Crippen LogP contribution is 2.30. The zero-order valence-corrected chi connectivity index (χ0v) is 14.7. The first-order chi connectivity index (χ1) is 13.1. The molecule has 27 heavy (non-hydrogen) atoms. The zero-order valence-electron chi connectivity index (χ0n) is 14.7. The van der Waals surface area contributed by atoms with Gasteiger partial charge in [0, 0.05) is 11.3 Å². The summed E-state index contributed by atoms with van der Waals surface area (Å²) < 4.78 is 29.2. The lowest BCUT2D eigenvalue weighted by Crippen LogP contribution is -2.31. The molecule has 4 rings (SSSR count). The van der Waals surface area contributed by atoms with Crippen LogP contribution in [0.3, 0.4) is 0 Å². The van der Waals surface area contributed by atoms with Crippen LogP contribution in [0.2, 0.25) is 0 Å². The second-order valence-corrected chi connectivity index (χ2v) is 6.73. The van der Waals surface area contributed by atoms with Crippen molar-refractivity contribution in [2.75, 3.05) is 0 Å². The number of hydrogen-bond donors (Lipinski definition) is 1. The van der Waals surface area contributed by atoms with E-state index < -0.39 is 17.5 Å². The lowest BCUT2D eigenvalue weighted by molar-refractivity contribution is 0.0928. The van der Waals surface area contributed by atoms with Crippen LogP contribution >= 0.6 is 0 Å². The topological polar surface area (TPSA) is 46.9 Å². The van der Waals surface area contributed by atoms with Crippen molar-refractivity contribution in [1.29, 1.82) is 0 Å². The van der Waals surface area contributed by atoms with Gasteiger partial charge in [-0.3, -0.25) is 9.48 Å². The summed E-state index contributed by atoms with van der Waals surface area (Å²) in [7, 11) is 0. The smallest absolute Gasteiger partial charge is 0.254 e. The maximum absolute atomic E-state index is 13.9. The molecule has 4 nitrogen and oxygen atoms in total. The maximum Gasteiger partial charge on any atom is 0.254 e. The van der Waals surface area contributed by atoms with E-state index in [9.17, 15) is 13.6 Å². The van der Waals surface area contributed by atoms with E-state index in [1.807, 2.05) is 35.0 Å². The number of amides is 1. The lowest BCUT2D eigenvalue weighted by Gasteiger charge is -2.24. The minimum absolute atomic E-state index is 0.256. The molecule has 1 aliphatic carbocycles. The number of hydrogen-bond acceptors (Lipinski definition) is 2. The van der Waals surface area contributed by atoms with Gasteiger partial charge in [0.2, 0.25) is 0 Å². The molecule has 3 aromatic rings. The molecule has 0 aliphatic heterocycles. The molecular formula is C21H19F2N3O. The fourth-order valence-electron chi connectivity index (χ4n) is 3.57. The molecule has 0 fully saturated rings. The van der Waals surface area contributed by atoms with Crippen molar-refractivity contribution < 1.29 is 13.6 Å². The van der Waals surface area contributed by atoms with Gasteiger partial charge in [0.25, 0.3) is 5.91 Å². The third-order valence-corrected chi connectivity index (χ3v) is 4.92. The van der Waals surface area contributed by atoms with Crippen molar-refractivity contribution in [2.24, 2.45) is 0 Å². The number of rotatable bonds is 4. The van der Waals surface area contributed by atoms with Gasteiger partial charge in [-0.2, -0.15) is 5.10 Å². The van der Waals surface area contributed by atoms with Crippen LogP contribution in [0, 0.1) is 11.6 Å².